The van der Waals surface area contributed by atoms with Gasteiger partial charge in [-0.1, -0.05) is 35.9 Å². The molecule has 1 N–H and O–H groups in total. The van der Waals surface area contributed by atoms with Gasteiger partial charge in [-0.2, -0.15) is 8.42 Å². The number of benzene rings is 2. The number of amides is 1. The first-order valence-corrected chi connectivity index (χ1v) is 8.77. The van der Waals surface area contributed by atoms with Gasteiger partial charge >= 0.3 is 6.09 Å². The van der Waals surface area contributed by atoms with Crippen molar-refractivity contribution >= 4 is 21.9 Å². The molecular weight excluding hydrogens is 330 g/mol. The summed E-state index contributed by atoms with van der Waals surface area (Å²) in [6, 6.07) is 13.4. The van der Waals surface area contributed by atoms with E-state index in [9.17, 15) is 13.2 Å². The molecule has 1 amide bonds. The minimum absolute atomic E-state index is 0.0604. The second-order valence-electron chi connectivity index (χ2n) is 5.82. The number of hydrogen-bond acceptors (Lipinski definition) is 5. The van der Waals surface area contributed by atoms with Crippen LogP contribution >= 0.6 is 0 Å². The Morgan fingerprint density at radius 2 is 1.79 bits per heavy atom. The highest BCUT2D eigenvalue weighted by Gasteiger charge is 2.39. The fourth-order valence-electron chi connectivity index (χ4n) is 2.52. The summed E-state index contributed by atoms with van der Waals surface area (Å²) in [5.41, 5.74) is 0.981. The Hall–Kier alpha value is -2.38. The molecule has 0 spiro atoms. The van der Waals surface area contributed by atoms with Crippen LogP contribution in [-0.4, -0.2) is 21.1 Å². The molecule has 0 aliphatic carbocycles. The van der Waals surface area contributed by atoms with Crippen LogP contribution in [0.2, 0.25) is 0 Å². The molecule has 6 nitrogen and oxygen atoms in total. The summed E-state index contributed by atoms with van der Waals surface area (Å²) in [6.07, 6.45) is -0.646. The van der Waals surface area contributed by atoms with Gasteiger partial charge in [0.2, 0.25) is 0 Å². The smallest absolute Gasteiger partial charge is 0.412 e. The fourth-order valence-corrected chi connectivity index (χ4v) is 3.50. The molecule has 24 heavy (non-hydrogen) atoms. The number of anilines is 1. The third-order valence-corrected chi connectivity index (χ3v) is 5.13. The van der Waals surface area contributed by atoms with Crippen LogP contribution < -0.4 is 5.32 Å². The number of ether oxygens (including phenoxy) is 1. The second kappa shape index (κ2) is 5.92. The monoisotopic (exact) mass is 347 g/mol. The largest absolute Gasteiger partial charge is 0.435 e. The number of aryl methyl sites for hydroxylation is 1. The molecule has 3 rings (SSSR count). The third-order valence-electron chi connectivity index (χ3n) is 3.85. The molecule has 2 aromatic rings. The Morgan fingerprint density at radius 3 is 2.50 bits per heavy atom. The first kappa shape index (κ1) is 16.5. The van der Waals surface area contributed by atoms with Crippen LogP contribution in [0.5, 0.6) is 0 Å². The standard InChI is InChI=1S/C17H17NO5S/c1-12-7-9-13(10-8-12)24(20,21)22-11-17(2)14-5-3-4-6-15(14)18-16(19)23-17/h3-10H,11H2,1-2H3,(H,18,19)/t17-/m1/s1. The Kier molecular flexibility index (Phi) is 4.06. The van der Waals surface area contributed by atoms with Gasteiger partial charge in [-0.15, -0.1) is 0 Å². The van der Waals surface area contributed by atoms with E-state index in [1.165, 1.54) is 12.1 Å². The van der Waals surface area contributed by atoms with Gasteiger partial charge in [0.25, 0.3) is 10.1 Å². The van der Waals surface area contributed by atoms with E-state index < -0.39 is 21.8 Å². The van der Waals surface area contributed by atoms with Crippen molar-refractivity contribution < 1.29 is 22.1 Å². The molecule has 1 aliphatic heterocycles. The highest BCUT2D eigenvalue weighted by Crippen LogP contribution is 2.36. The average Bonchev–Trinajstić information content (AvgIpc) is 2.53. The van der Waals surface area contributed by atoms with E-state index in [2.05, 4.69) is 5.32 Å². The summed E-state index contributed by atoms with van der Waals surface area (Å²) in [5, 5.41) is 2.58. The number of carbonyl (C=O) groups excluding carboxylic acids is 1. The van der Waals surface area contributed by atoms with E-state index >= 15 is 0 Å². The summed E-state index contributed by atoms with van der Waals surface area (Å²) >= 11 is 0. The molecule has 1 heterocycles. The molecule has 7 heteroatoms. The third kappa shape index (κ3) is 3.13. The van der Waals surface area contributed by atoms with Crippen molar-refractivity contribution in [2.24, 2.45) is 0 Å². The molecule has 2 aromatic carbocycles. The van der Waals surface area contributed by atoms with Crippen LogP contribution in [0.1, 0.15) is 18.1 Å². The van der Waals surface area contributed by atoms with E-state index in [1.54, 1.807) is 43.3 Å². The second-order valence-corrected chi connectivity index (χ2v) is 7.44. The van der Waals surface area contributed by atoms with E-state index in [1.807, 2.05) is 6.92 Å². The number of hydrogen-bond donors (Lipinski definition) is 1. The van der Waals surface area contributed by atoms with E-state index in [-0.39, 0.29) is 11.5 Å². The maximum Gasteiger partial charge on any atom is 0.412 e. The van der Waals surface area contributed by atoms with Crippen LogP contribution in [0, 0.1) is 6.92 Å². The van der Waals surface area contributed by atoms with Crippen molar-refractivity contribution in [1.29, 1.82) is 0 Å². The zero-order chi connectivity index (χ0) is 17.4. The molecule has 0 saturated heterocycles. The van der Waals surface area contributed by atoms with Gasteiger partial charge < -0.3 is 4.74 Å². The SMILES string of the molecule is Cc1ccc(S(=O)(=O)OC[C@@]2(C)OC(=O)Nc3ccccc32)cc1. The molecule has 0 aromatic heterocycles. The first-order valence-electron chi connectivity index (χ1n) is 7.36. The Morgan fingerprint density at radius 1 is 1.12 bits per heavy atom. The van der Waals surface area contributed by atoms with Crippen LogP contribution in [0.25, 0.3) is 0 Å². The van der Waals surface area contributed by atoms with E-state index in [0.717, 1.165) is 5.56 Å². The summed E-state index contributed by atoms with van der Waals surface area (Å²) in [6.45, 7) is 3.17. The van der Waals surface area contributed by atoms with Crippen LogP contribution in [0.3, 0.4) is 0 Å². The molecule has 1 aliphatic rings. The Bertz CT molecular complexity index is 876. The minimum Gasteiger partial charge on any atom is -0.435 e. The summed E-state index contributed by atoms with van der Waals surface area (Å²) in [5.74, 6) is 0. The number of rotatable bonds is 4. The van der Waals surface area contributed by atoms with Crippen LogP contribution in [0.15, 0.2) is 53.4 Å². The molecule has 0 unspecified atom stereocenters. The summed E-state index contributed by atoms with van der Waals surface area (Å²) in [7, 11) is -3.95. The highest BCUT2D eigenvalue weighted by molar-refractivity contribution is 7.86. The topological polar surface area (TPSA) is 81.7 Å². The normalized spacial score (nSPS) is 20.0. The molecule has 0 radical (unpaired) electrons. The number of fused-ring (bicyclic) bond motifs is 1. The van der Waals surface area contributed by atoms with Gasteiger partial charge in [-0.05, 0) is 32.0 Å². The summed E-state index contributed by atoms with van der Waals surface area (Å²) < 4.78 is 35.2. The Balaban J connectivity index is 1.86. The van der Waals surface area contributed by atoms with Crippen molar-refractivity contribution in [1.82, 2.24) is 0 Å². The zero-order valence-corrected chi connectivity index (χ0v) is 14.1. The van der Waals surface area contributed by atoms with Gasteiger partial charge in [-0.25, -0.2) is 4.79 Å². The van der Waals surface area contributed by atoms with Crippen molar-refractivity contribution in [3.05, 3.63) is 59.7 Å². The molecule has 1 atom stereocenters. The lowest BCUT2D eigenvalue weighted by Crippen LogP contribution is -2.41. The van der Waals surface area contributed by atoms with Gasteiger partial charge in [0, 0.05) is 5.56 Å². The quantitative estimate of drug-likeness (QED) is 0.859. The molecule has 0 saturated carbocycles. The molecular formula is C17H17NO5S. The van der Waals surface area contributed by atoms with Gasteiger partial charge in [0.1, 0.15) is 6.61 Å². The first-order chi connectivity index (χ1) is 11.3. The van der Waals surface area contributed by atoms with E-state index in [4.69, 9.17) is 8.92 Å². The Labute approximate surface area is 140 Å². The number of cyclic esters (lactones) is 1. The van der Waals surface area contributed by atoms with Gasteiger partial charge in [0.05, 0.1) is 10.6 Å². The lowest BCUT2D eigenvalue weighted by atomic mass is 9.94. The van der Waals surface area contributed by atoms with Crippen molar-refractivity contribution in [2.75, 3.05) is 11.9 Å². The van der Waals surface area contributed by atoms with Gasteiger partial charge in [-0.3, -0.25) is 9.50 Å². The number of nitrogens with one attached hydrogen (secondary N) is 1. The van der Waals surface area contributed by atoms with Crippen LogP contribution in [-0.2, 0) is 24.6 Å². The average molecular weight is 347 g/mol. The van der Waals surface area contributed by atoms with Crippen molar-refractivity contribution in [3.63, 3.8) is 0 Å². The van der Waals surface area contributed by atoms with Crippen molar-refractivity contribution in [3.8, 4) is 0 Å². The number of carbonyl (C=O) groups is 1. The lowest BCUT2D eigenvalue weighted by Gasteiger charge is -2.34. The molecule has 126 valence electrons. The predicted octanol–water partition coefficient (Wildman–Crippen LogP) is 3.18. The minimum atomic E-state index is -3.95. The molecule has 0 bridgehead atoms. The summed E-state index contributed by atoms with van der Waals surface area (Å²) in [4.78, 5) is 11.8. The maximum absolute atomic E-state index is 12.3. The number of para-hydroxylation sites is 1. The fraction of sp³-hybridized carbons (Fsp3) is 0.235. The lowest BCUT2D eigenvalue weighted by molar-refractivity contribution is -0.00826. The highest BCUT2D eigenvalue weighted by atomic mass is 32.2. The van der Waals surface area contributed by atoms with E-state index in [0.29, 0.717) is 11.3 Å². The van der Waals surface area contributed by atoms with Gasteiger partial charge in [0.15, 0.2) is 5.60 Å². The molecule has 0 fully saturated rings. The van der Waals surface area contributed by atoms with Crippen LogP contribution in [0.4, 0.5) is 10.5 Å². The maximum atomic E-state index is 12.3. The predicted molar refractivity (Wildman–Crippen MR) is 88.2 cm³/mol. The zero-order valence-electron chi connectivity index (χ0n) is 13.3. The van der Waals surface area contributed by atoms with Crippen molar-refractivity contribution in [2.45, 2.75) is 24.3 Å².